The first kappa shape index (κ1) is 13.5. The second-order valence-electron chi connectivity index (χ2n) is 4.34. The van der Waals surface area contributed by atoms with Gasteiger partial charge in [0, 0.05) is 37.7 Å². The molecule has 19 heavy (non-hydrogen) atoms. The Kier molecular flexibility index (Phi) is 3.80. The lowest BCUT2D eigenvalue weighted by Crippen LogP contribution is -2.20. The first-order valence-electron chi connectivity index (χ1n) is 5.75. The topological polar surface area (TPSA) is 47.1 Å². The van der Waals surface area contributed by atoms with Gasteiger partial charge in [0.25, 0.3) is 0 Å². The maximum Gasteiger partial charge on any atom is 0.135 e. The van der Waals surface area contributed by atoms with Crippen molar-refractivity contribution in [3.05, 3.63) is 47.8 Å². The van der Waals surface area contributed by atoms with Gasteiger partial charge in [-0.25, -0.2) is 9.37 Å². The average Bonchev–Trinajstić information content (AvgIpc) is 2.74. The minimum absolute atomic E-state index is 0.0656. The molecule has 0 aliphatic carbocycles. The van der Waals surface area contributed by atoms with Crippen molar-refractivity contribution in [2.24, 2.45) is 12.8 Å². The van der Waals surface area contributed by atoms with E-state index < -0.39 is 5.82 Å². The summed E-state index contributed by atoms with van der Waals surface area (Å²) in [5, 5.41) is 0. The Morgan fingerprint density at radius 2 is 2.26 bits per heavy atom. The summed E-state index contributed by atoms with van der Waals surface area (Å²) in [5.41, 5.74) is 6.45. The van der Waals surface area contributed by atoms with Crippen LogP contribution in [-0.4, -0.2) is 21.6 Å². The second-order valence-corrected chi connectivity index (χ2v) is 4.78. The standard InChI is InChI=1S/C13H15FN4S/c1-17-6-5-16-12(17)8-18(2)9-3-4-10(13(15)19)11(14)7-9/h3-7H,8H2,1-2H3,(H2,15,19). The number of thiocarbonyl (C=S) groups is 1. The lowest BCUT2D eigenvalue weighted by Gasteiger charge is -2.19. The summed E-state index contributed by atoms with van der Waals surface area (Å²) in [4.78, 5) is 6.21. The third-order valence-corrected chi connectivity index (χ3v) is 3.18. The number of nitrogens with zero attached hydrogens (tertiary/aromatic N) is 3. The molecule has 0 fully saturated rings. The largest absolute Gasteiger partial charge is 0.389 e. The zero-order chi connectivity index (χ0) is 14.0. The smallest absolute Gasteiger partial charge is 0.135 e. The highest BCUT2D eigenvalue weighted by Crippen LogP contribution is 2.19. The fraction of sp³-hybridized carbons (Fsp3) is 0.231. The molecule has 2 N–H and O–H groups in total. The van der Waals surface area contributed by atoms with Crippen LogP contribution in [0.15, 0.2) is 30.6 Å². The third-order valence-electron chi connectivity index (χ3n) is 2.96. The van der Waals surface area contributed by atoms with E-state index >= 15 is 0 Å². The second kappa shape index (κ2) is 5.36. The summed E-state index contributed by atoms with van der Waals surface area (Å²) < 4.78 is 15.7. The van der Waals surface area contributed by atoms with Gasteiger partial charge in [-0.2, -0.15) is 0 Å². The number of benzene rings is 1. The van der Waals surface area contributed by atoms with E-state index in [9.17, 15) is 4.39 Å². The van der Waals surface area contributed by atoms with Gasteiger partial charge in [0.1, 0.15) is 16.6 Å². The van der Waals surface area contributed by atoms with Crippen molar-refractivity contribution in [2.75, 3.05) is 11.9 Å². The van der Waals surface area contributed by atoms with Crippen molar-refractivity contribution in [1.82, 2.24) is 9.55 Å². The van der Waals surface area contributed by atoms with Crippen molar-refractivity contribution in [2.45, 2.75) is 6.54 Å². The molecule has 1 aromatic carbocycles. The van der Waals surface area contributed by atoms with E-state index in [4.69, 9.17) is 18.0 Å². The van der Waals surface area contributed by atoms with Gasteiger partial charge in [0.2, 0.25) is 0 Å². The van der Waals surface area contributed by atoms with E-state index in [1.807, 2.05) is 29.8 Å². The molecule has 0 aliphatic rings. The number of hydrogen-bond donors (Lipinski definition) is 1. The molecule has 4 nitrogen and oxygen atoms in total. The predicted octanol–water partition coefficient (Wildman–Crippen LogP) is 1.83. The zero-order valence-corrected chi connectivity index (χ0v) is 11.6. The van der Waals surface area contributed by atoms with Crippen LogP contribution in [0, 0.1) is 5.82 Å². The number of imidazole rings is 1. The molecule has 100 valence electrons. The maximum atomic E-state index is 13.8. The highest BCUT2D eigenvalue weighted by molar-refractivity contribution is 7.80. The summed E-state index contributed by atoms with van der Waals surface area (Å²) >= 11 is 4.78. The van der Waals surface area contributed by atoms with Gasteiger partial charge in [-0.05, 0) is 18.2 Å². The van der Waals surface area contributed by atoms with Crippen LogP contribution in [0.3, 0.4) is 0 Å². The van der Waals surface area contributed by atoms with Crippen molar-refractivity contribution in [1.29, 1.82) is 0 Å². The average molecular weight is 278 g/mol. The van der Waals surface area contributed by atoms with Crippen LogP contribution < -0.4 is 10.6 Å². The van der Waals surface area contributed by atoms with Gasteiger partial charge >= 0.3 is 0 Å². The lowest BCUT2D eigenvalue weighted by atomic mass is 10.2. The number of aromatic nitrogens is 2. The van der Waals surface area contributed by atoms with Gasteiger partial charge in [-0.1, -0.05) is 12.2 Å². The van der Waals surface area contributed by atoms with Crippen LogP contribution in [0.2, 0.25) is 0 Å². The van der Waals surface area contributed by atoms with Gasteiger partial charge in [0.05, 0.1) is 6.54 Å². The van der Waals surface area contributed by atoms with E-state index in [-0.39, 0.29) is 10.6 Å². The van der Waals surface area contributed by atoms with Gasteiger partial charge in [-0.3, -0.25) is 0 Å². The molecule has 1 heterocycles. The first-order valence-corrected chi connectivity index (χ1v) is 6.16. The maximum absolute atomic E-state index is 13.8. The summed E-state index contributed by atoms with van der Waals surface area (Å²) in [7, 11) is 3.80. The number of anilines is 1. The van der Waals surface area contributed by atoms with Gasteiger partial charge in [0.15, 0.2) is 0 Å². The van der Waals surface area contributed by atoms with Crippen LogP contribution in [0.25, 0.3) is 0 Å². The molecule has 0 saturated heterocycles. The molecule has 0 saturated carbocycles. The lowest BCUT2D eigenvalue weighted by molar-refractivity contribution is 0.624. The Balaban J connectivity index is 2.20. The molecule has 0 unspecified atom stereocenters. The first-order chi connectivity index (χ1) is 8.99. The van der Waals surface area contributed by atoms with E-state index in [1.165, 1.54) is 6.07 Å². The molecule has 0 aliphatic heterocycles. The SMILES string of the molecule is CN(Cc1nccn1C)c1ccc(C(N)=S)c(F)c1. The van der Waals surface area contributed by atoms with Crippen LogP contribution in [0.1, 0.15) is 11.4 Å². The number of hydrogen-bond acceptors (Lipinski definition) is 3. The minimum Gasteiger partial charge on any atom is -0.389 e. The molecule has 2 aromatic rings. The molecule has 0 radical (unpaired) electrons. The Labute approximate surface area is 116 Å². The Morgan fingerprint density at radius 3 is 2.79 bits per heavy atom. The van der Waals surface area contributed by atoms with Crippen molar-refractivity contribution in [3.63, 3.8) is 0 Å². The Hall–Kier alpha value is -1.95. The van der Waals surface area contributed by atoms with Gasteiger partial charge < -0.3 is 15.2 Å². The molecular weight excluding hydrogens is 263 g/mol. The molecule has 2 rings (SSSR count). The number of halogens is 1. The van der Waals surface area contributed by atoms with Crippen LogP contribution >= 0.6 is 12.2 Å². The molecule has 0 spiro atoms. The zero-order valence-electron chi connectivity index (χ0n) is 10.8. The molecular formula is C13H15FN4S. The Bertz CT molecular complexity index is 608. The summed E-state index contributed by atoms with van der Waals surface area (Å²) in [6, 6.07) is 4.82. The van der Waals surface area contributed by atoms with Crippen molar-refractivity contribution < 1.29 is 4.39 Å². The molecule has 0 bridgehead atoms. The van der Waals surface area contributed by atoms with E-state index in [2.05, 4.69) is 4.98 Å². The fourth-order valence-electron chi connectivity index (χ4n) is 1.79. The fourth-order valence-corrected chi connectivity index (χ4v) is 1.96. The highest BCUT2D eigenvalue weighted by Gasteiger charge is 2.10. The molecule has 1 aromatic heterocycles. The quantitative estimate of drug-likeness (QED) is 0.867. The van der Waals surface area contributed by atoms with E-state index in [1.54, 1.807) is 18.3 Å². The normalized spacial score (nSPS) is 10.5. The summed E-state index contributed by atoms with van der Waals surface area (Å²) in [5.74, 6) is 0.498. The summed E-state index contributed by atoms with van der Waals surface area (Å²) in [6.45, 7) is 0.593. The molecule has 6 heteroatoms. The van der Waals surface area contributed by atoms with Crippen molar-refractivity contribution >= 4 is 22.9 Å². The van der Waals surface area contributed by atoms with Crippen LogP contribution in [0.5, 0.6) is 0 Å². The molecule has 0 atom stereocenters. The highest BCUT2D eigenvalue weighted by atomic mass is 32.1. The molecule has 0 amide bonds. The number of rotatable bonds is 4. The number of nitrogens with two attached hydrogens (primary N) is 1. The van der Waals surface area contributed by atoms with E-state index in [0.29, 0.717) is 6.54 Å². The Morgan fingerprint density at radius 1 is 1.53 bits per heavy atom. The van der Waals surface area contributed by atoms with Gasteiger partial charge in [-0.15, -0.1) is 0 Å². The van der Waals surface area contributed by atoms with E-state index in [0.717, 1.165) is 11.5 Å². The minimum atomic E-state index is -0.406. The van der Waals surface area contributed by atoms with Crippen molar-refractivity contribution in [3.8, 4) is 0 Å². The summed E-state index contributed by atoms with van der Waals surface area (Å²) in [6.07, 6.45) is 3.61. The monoisotopic (exact) mass is 278 g/mol. The van der Waals surface area contributed by atoms with Crippen LogP contribution in [0.4, 0.5) is 10.1 Å². The van der Waals surface area contributed by atoms with Crippen LogP contribution in [-0.2, 0) is 13.6 Å². The predicted molar refractivity (Wildman–Crippen MR) is 77.6 cm³/mol. The number of aryl methyl sites for hydroxylation is 1. The third kappa shape index (κ3) is 2.90.